The molecule has 3 nitrogen and oxygen atoms in total. The minimum Gasteiger partial charge on any atom is -0.386 e. The maximum absolute atomic E-state index is 12.0. The average Bonchev–Trinajstić information content (AvgIpc) is 2.53. The molecule has 0 spiro atoms. The van der Waals surface area contributed by atoms with Crippen molar-refractivity contribution >= 4 is 25.8 Å². The molecule has 0 unspecified atom stereocenters. The summed E-state index contributed by atoms with van der Waals surface area (Å²) in [7, 11) is -3.46. The minimum absolute atomic E-state index is 0.271. The van der Waals surface area contributed by atoms with Crippen LogP contribution in [0.4, 0.5) is 0 Å². The molecule has 0 radical (unpaired) electrons. The van der Waals surface area contributed by atoms with Crippen molar-refractivity contribution in [3.05, 3.63) is 60.2 Å². The molecule has 5 heteroatoms. The van der Waals surface area contributed by atoms with Gasteiger partial charge in [0.15, 0.2) is 13.5 Å². The van der Waals surface area contributed by atoms with Gasteiger partial charge in [0.2, 0.25) is 0 Å². The van der Waals surface area contributed by atoms with Crippen LogP contribution < -0.4 is 0 Å². The van der Waals surface area contributed by atoms with Gasteiger partial charge in [-0.2, -0.15) is 0 Å². The van der Waals surface area contributed by atoms with Gasteiger partial charge in [0.1, 0.15) is 6.10 Å². The summed E-state index contributed by atoms with van der Waals surface area (Å²) in [6, 6.07) is 17.2. The Morgan fingerprint density at radius 1 is 1.05 bits per heavy atom. The van der Waals surface area contributed by atoms with Gasteiger partial charge in [-0.25, -0.2) is 8.42 Å². The van der Waals surface area contributed by atoms with Crippen LogP contribution in [0, 0.1) is 0 Å². The van der Waals surface area contributed by atoms with Gasteiger partial charge in [0.05, 0.1) is 0 Å². The molecular formula is C17H19BrO3S. The van der Waals surface area contributed by atoms with E-state index in [1.807, 2.05) is 42.5 Å². The van der Waals surface area contributed by atoms with Gasteiger partial charge in [-0.1, -0.05) is 77.5 Å². The number of benzene rings is 2. The number of halogens is 1. The first-order chi connectivity index (χ1) is 10.3. The number of aliphatic hydroxyl groups is 1. The number of rotatable bonds is 5. The molecule has 2 atom stereocenters. The van der Waals surface area contributed by atoms with Crippen molar-refractivity contribution in [3.8, 4) is 11.1 Å². The molecule has 0 saturated heterocycles. The van der Waals surface area contributed by atoms with Crippen LogP contribution >= 0.6 is 15.9 Å². The van der Waals surface area contributed by atoms with E-state index in [4.69, 9.17) is 0 Å². The lowest BCUT2D eigenvalue weighted by Crippen LogP contribution is -2.37. The first kappa shape index (κ1) is 17.2. The second-order valence-corrected chi connectivity index (χ2v) is 9.52. The smallest absolute Gasteiger partial charge is 0.166 e. The van der Waals surface area contributed by atoms with Gasteiger partial charge < -0.3 is 5.11 Å². The third-order valence-electron chi connectivity index (χ3n) is 3.84. The molecule has 22 heavy (non-hydrogen) atoms. The third kappa shape index (κ3) is 3.26. The van der Waals surface area contributed by atoms with Crippen LogP contribution in [0.15, 0.2) is 54.6 Å². The van der Waals surface area contributed by atoms with Crippen molar-refractivity contribution in [2.75, 3.05) is 6.26 Å². The lowest BCUT2D eigenvalue weighted by molar-refractivity contribution is 0.160. The molecule has 0 aromatic heterocycles. The second kappa shape index (κ2) is 6.52. The average molecular weight is 383 g/mol. The minimum atomic E-state index is -3.46. The molecule has 2 aromatic rings. The molecule has 0 bridgehead atoms. The normalized spacial score (nSPS) is 16.0. The fourth-order valence-electron chi connectivity index (χ4n) is 2.40. The summed E-state index contributed by atoms with van der Waals surface area (Å²) >= 11 is 3.23. The molecule has 1 N–H and O–H groups in total. The molecule has 0 aliphatic heterocycles. The van der Waals surface area contributed by atoms with Gasteiger partial charge in [-0.3, -0.25) is 0 Å². The molecule has 0 aliphatic carbocycles. The van der Waals surface area contributed by atoms with Crippen molar-refractivity contribution < 1.29 is 13.5 Å². The van der Waals surface area contributed by atoms with Crippen LogP contribution in [0.1, 0.15) is 25.0 Å². The standard InChI is InChI=1S/C17H19BrO3S/c1-3-17(18,22(2,20)21)16(19)15-11-9-14(10-12-15)13-7-5-4-6-8-13/h4-12,16,19H,3H2,1-2H3/t16-,17-/m1/s1. The molecule has 0 fully saturated rings. The maximum atomic E-state index is 12.0. The van der Waals surface area contributed by atoms with E-state index in [1.165, 1.54) is 0 Å². The zero-order valence-corrected chi connectivity index (χ0v) is 14.9. The lowest BCUT2D eigenvalue weighted by Gasteiger charge is -2.30. The van der Waals surface area contributed by atoms with E-state index in [9.17, 15) is 13.5 Å². The summed E-state index contributed by atoms with van der Waals surface area (Å²) in [4.78, 5) is 0. The first-order valence-electron chi connectivity index (χ1n) is 7.01. The Morgan fingerprint density at radius 2 is 1.55 bits per heavy atom. The van der Waals surface area contributed by atoms with Crippen molar-refractivity contribution in [1.29, 1.82) is 0 Å². The quantitative estimate of drug-likeness (QED) is 0.796. The fraction of sp³-hybridized carbons (Fsp3) is 0.294. The summed E-state index contributed by atoms with van der Waals surface area (Å²) in [5.41, 5.74) is 2.67. The number of aliphatic hydroxyl groups excluding tert-OH is 1. The molecule has 0 amide bonds. The first-order valence-corrected chi connectivity index (χ1v) is 9.70. The molecule has 0 saturated carbocycles. The van der Waals surface area contributed by atoms with Crippen molar-refractivity contribution in [3.63, 3.8) is 0 Å². The largest absolute Gasteiger partial charge is 0.386 e. The van der Waals surface area contributed by atoms with E-state index in [2.05, 4.69) is 15.9 Å². The highest BCUT2D eigenvalue weighted by molar-refractivity contribution is 9.11. The van der Waals surface area contributed by atoms with Gasteiger partial charge >= 0.3 is 0 Å². The zero-order chi connectivity index (χ0) is 16.4. The molecular weight excluding hydrogens is 364 g/mol. The summed E-state index contributed by atoms with van der Waals surface area (Å²) in [6.45, 7) is 1.73. The van der Waals surface area contributed by atoms with E-state index in [0.29, 0.717) is 5.56 Å². The van der Waals surface area contributed by atoms with E-state index >= 15 is 0 Å². The van der Waals surface area contributed by atoms with Crippen molar-refractivity contribution in [2.24, 2.45) is 0 Å². The predicted octanol–water partition coefficient (Wildman–Crippen LogP) is 3.93. The Labute approximate surface area is 140 Å². The summed E-state index contributed by atoms with van der Waals surface area (Å²) < 4.78 is 22.6. The Kier molecular flexibility index (Phi) is 5.10. The van der Waals surface area contributed by atoms with Gasteiger partial charge in [-0.15, -0.1) is 0 Å². The van der Waals surface area contributed by atoms with Crippen LogP contribution in [0.5, 0.6) is 0 Å². The number of sulfone groups is 1. The Bertz CT molecular complexity index is 726. The van der Waals surface area contributed by atoms with Crippen molar-refractivity contribution in [1.82, 2.24) is 0 Å². The van der Waals surface area contributed by atoms with Crippen LogP contribution in [-0.4, -0.2) is 23.4 Å². The molecule has 118 valence electrons. The third-order valence-corrected chi connectivity index (χ3v) is 8.34. The molecule has 0 aliphatic rings. The monoisotopic (exact) mass is 382 g/mol. The lowest BCUT2D eigenvalue weighted by atomic mass is 10.00. The van der Waals surface area contributed by atoms with Crippen molar-refractivity contribution in [2.45, 2.75) is 23.1 Å². The molecule has 2 aromatic carbocycles. The highest BCUT2D eigenvalue weighted by Gasteiger charge is 2.44. The van der Waals surface area contributed by atoms with E-state index in [-0.39, 0.29) is 6.42 Å². The summed E-state index contributed by atoms with van der Waals surface area (Å²) in [6.07, 6.45) is 0.276. The highest BCUT2D eigenvalue weighted by Crippen LogP contribution is 2.41. The van der Waals surface area contributed by atoms with E-state index in [1.54, 1.807) is 19.1 Å². The van der Waals surface area contributed by atoms with Gasteiger partial charge in [0.25, 0.3) is 0 Å². The molecule has 0 heterocycles. The zero-order valence-electron chi connectivity index (χ0n) is 12.5. The summed E-state index contributed by atoms with van der Waals surface area (Å²) in [5.74, 6) is 0. The van der Waals surface area contributed by atoms with Gasteiger partial charge in [0, 0.05) is 6.26 Å². The SMILES string of the molecule is CC[C@](Br)([C@H](O)c1ccc(-c2ccccc2)cc1)S(C)(=O)=O. The van der Waals surface area contributed by atoms with Crippen LogP contribution in [-0.2, 0) is 9.84 Å². The molecule has 2 rings (SSSR count). The number of hydrogen-bond acceptors (Lipinski definition) is 3. The van der Waals surface area contributed by atoms with Crippen LogP contribution in [0.2, 0.25) is 0 Å². The number of alkyl halides is 1. The maximum Gasteiger partial charge on any atom is 0.166 e. The topological polar surface area (TPSA) is 54.4 Å². The fourth-order valence-corrected chi connectivity index (χ4v) is 3.73. The van der Waals surface area contributed by atoms with Gasteiger partial charge in [-0.05, 0) is 23.1 Å². The summed E-state index contributed by atoms with van der Waals surface area (Å²) in [5, 5.41) is 10.5. The second-order valence-electron chi connectivity index (χ2n) is 5.30. The number of hydrogen-bond donors (Lipinski definition) is 1. The highest BCUT2D eigenvalue weighted by atomic mass is 79.9. The Hall–Kier alpha value is -1.17. The Balaban J connectivity index is 2.35. The van der Waals surface area contributed by atoms with Crippen LogP contribution in [0.25, 0.3) is 11.1 Å². The Morgan fingerprint density at radius 3 is 2.00 bits per heavy atom. The predicted molar refractivity (Wildman–Crippen MR) is 93.6 cm³/mol. The van der Waals surface area contributed by atoms with E-state index in [0.717, 1.165) is 17.4 Å². The van der Waals surface area contributed by atoms with E-state index < -0.39 is 19.6 Å². The van der Waals surface area contributed by atoms with Crippen LogP contribution in [0.3, 0.4) is 0 Å².